The molecule has 0 aliphatic heterocycles. The van der Waals surface area contributed by atoms with Crippen LogP contribution in [0.1, 0.15) is 43.1 Å². The van der Waals surface area contributed by atoms with Gasteiger partial charge in [0.2, 0.25) is 0 Å². The molecule has 2 rings (SSSR count). The Labute approximate surface area is 184 Å². The third-order valence-electron chi connectivity index (χ3n) is 4.09. The zero-order valence-electron chi connectivity index (χ0n) is 17.8. The highest BCUT2D eigenvalue weighted by Gasteiger charge is 2.18. The molecular formula is C22H25ClF2N2O4. The first kappa shape index (κ1) is 24.4. The summed E-state index contributed by atoms with van der Waals surface area (Å²) in [6, 6.07) is 6.35. The Kier molecular flexibility index (Phi) is 8.21. The van der Waals surface area contributed by atoms with E-state index in [1.165, 1.54) is 31.4 Å². The first-order valence-electron chi connectivity index (χ1n) is 9.60. The van der Waals surface area contributed by atoms with Gasteiger partial charge in [-0.3, -0.25) is 0 Å². The molecule has 0 saturated carbocycles. The Balaban J connectivity index is 2.15. The van der Waals surface area contributed by atoms with Crippen molar-refractivity contribution >= 4 is 35.0 Å². The van der Waals surface area contributed by atoms with Crippen molar-refractivity contribution in [2.24, 2.45) is 0 Å². The number of nitrogens with one attached hydrogen (secondary N) is 2. The molecule has 0 bridgehead atoms. The summed E-state index contributed by atoms with van der Waals surface area (Å²) in [5, 5.41) is 5.46. The van der Waals surface area contributed by atoms with E-state index in [9.17, 15) is 18.4 Å². The number of halogens is 3. The Morgan fingerprint density at radius 3 is 2.45 bits per heavy atom. The molecule has 2 aromatic rings. The molecule has 0 atom stereocenters. The molecule has 0 aliphatic rings. The highest BCUT2D eigenvalue weighted by atomic mass is 35.5. The molecule has 6 nitrogen and oxygen atoms in total. The molecule has 0 fully saturated rings. The summed E-state index contributed by atoms with van der Waals surface area (Å²) in [5.74, 6) is -1.95. The highest BCUT2D eigenvalue weighted by Crippen LogP contribution is 2.30. The molecule has 0 unspecified atom stereocenters. The topological polar surface area (TPSA) is 76.7 Å². The quantitative estimate of drug-likeness (QED) is 0.420. The van der Waals surface area contributed by atoms with E-state index >= 15 is 0 Å². The predicted octanol–water partition coefficient (Wildman–Crippen LogP) is 5.61. The number of ether oxygens (including phenoxy) is 2. The van der Waals surface area contributed by atoms with Gasteiger partial charge in [-0.2, -0.15) is 0 Å². The van der Waals surface area contributed by atoms with Crippen molar-refractivity contribution in [3.8, 4) is 0 Å². The molecular weight excluding hydrogens is 430 g/mol. The van der Waals surface area contributed by atoms with Crippen LogP contribution in [0.5, 0.6) is 0 Å². The van der Waals surface area contributed by atoms with Crippen LogP contribution in [-0.4, -0.2) is 31.3 Å². The molecule has 0 aromatic heterocycles. The van der Waals surface area contributed by atoms with Gasteiger partial charge in [0.05, 0.1) is 23.4 Å². The Morgan fingerprint density at radius 1 is 1.10 bits per heavy atom. The molecule has 0 radical (unpaired) electrons. The molecule has 31 heavy (non-hydrogen) atoms. The third-order valence-corrected chi connectivity index (χ3v) is 4.38. The number of amides is 1. The van der Waals surface area contributed by atoms with Crippen LogP contribution in [-0.2, 0) is 15.9 Å². The van der Waals surface area contributed by atoms with E-state index in [4.69, 9.17) is 21.1 Å². The van der Waals surface area contributed by atoms with E-state index in [-0.39, 0.29) is 16.3 Å². The second-order valence-electron chi connectivity index (χ2n) is 7.76. The number of benzene rings is 2. The Morgan fingerprint density at radius 2 is 1.81 bits per heavy atom. The fourth-order valence-electron chi connectivity index (χ4n) is 2.75. The molecule has 0 aliphatic carbocycles. The summed E-state index contributed by atoms with van der Waals surface area (Å²) in [6.45, 7) is 5.62. The lowest BCUT2D eigenvalue weighted by Crippen LogP contribution is -2.33. The summed E-state index contributed by atoms with van der Waals surface area (Å²) in [5.41, 5.74) is 0.676. The normalized spacial score (nSPS) is 11.1. The standard InChI is InChI=1S/C22H25ClF2N2O4/c1-22(2,3)31-21(29)26-9-5-6-13-10-14(24)7-8-18(13)27-19-12-16(23)17(25)11-15(19)20(28)30-4/h7-8,10-12,27H,5-6,9H2,1-4H3,(H,26,29). The van der Waals surface area contributed by atoms with Crippen molar-refractivity contribution < 1.29 is 27.8 Å². The number of anilines is 2. The van der Waals surface area contributed by atoms with Crippen molar-refractivity contribution in [1.29, 1.82) is 0 Å². The summed E-state index contributed by atoms with van der Waals surface area (Å²) in [7, 11) is 1.18. The average Bonchev–Trinajstić information content (AvgIpc) is 2.67. The number of rotatable bonds is 7. The SMILES string of the molecule is COC(=O)c1cc(F)c(Cl)cc1Nc1ccc(F)cc1CCCNC(=O)OC(C)(C)C. The maximum atomic E-state index is 13.8. The Hall–Kier alpha value is -2.87. The number of hydrogen-bond donors (Lipinski definition) is 2. The summed E-state index contributed by atoms with van der Waals surface area (Å²) in [4.78, 5) is 23.7. The lowest BCUT2D eigenvalue weighted by molar-refractivity contribution is 0.0526. The number of methoxy groups -OCH3 is 1. The molecule has 168 valence electrons. The number of alkyl carbamates (subject to hydrolysis) is 1. The molecule has 9 heteroatoms. The van der Waals surface area contributed by atoms with E-state index in [2.05, 4.69) is 10.6 Å². The van der Waals surface area contributed by atoms with Crippen LogP contribution >= 0.6 is 11.6 Å². The largest absolute Gasteiger partial charge is 0.465 e. The third kappa shape index (κ3) is 7.40. The van der Waals surface area contributed by atoms with Crippen LogP contribution in [0.2, 0.25) is 5.02 Å². The molecule has 1 amide bonds. The van der Waals surface area contributed by atoms with Crippen molar-refractivity contribution in [2.75, 3.05) is 19.0 Å². The minimum Gasteiger partial charge on any atom is -0.465 e. The van der Waals surface area contributed by atoms with Crippen LogP contribution in [0, 0.1) is 11.6 Å². The number of esters is 1. The van der Waals surface area contributed by atoms with Gasteiger partial charge in [-0.25, -0.2) is 18.4 Å². The lowest BCUT2D eigenvalue weighted by Gasteiger charge is -2.19. The van der Waals surface area contributed by atoms with Gasteiger partial charge in [0.25, 0.3) is 0 Å². The molecule has 0 heterocycles. The lowest BCUT2D eigenvalue weighted by atomic mass is 10.1. The second kappa shape index (κ2) is 10.4. The predicted molar refractivity (Wildman–Crippen MR) is 115 cm³/mol. The summed E-state index contributed by atoms with van der Waals surface area (Å²) in [6.07, 6.45) is 0.387. The molecule has 0 saturated heterocycles. The van der Waals surface area contributed by atoms with E-state index < -0.39 is 29.3 Å². The summed E-state index contributed by atoms with van der Waals surface area (Å²) >= 11 is 5.86. The van der Waals surface area contributed by atoms with Crippen molar-refractivity contribution in [1.82, 2.24) is 5.32 Å². The number of carbonyl (C=O) groups excluding carboxylic acids is 2. The van der Waals surface area contributed by atoms with Gasteiger partial charge in [-0.05, 0) is 69.5 Å². The smallest absolute Gasteiger partial charge is 0.407 e. The summed E-state index contributed by atoms with van der Waals surface area (Å²) < 4.78 is 37.5. The number of carbonyl (C=O) groups is 2. The molecule has 0 spiro atoms. The van der Waals surface area contributed by atoms with Gasteiger partial charge < -0.3 is 20.1 Å². The van der Waals surface area contributed by atoms with Crippen molar-refractivity contribution in [2.45, 2.75) is 39.2 Å². The van der Waals surface area contributed by atoms with Crippen molar-refractivity contribution in [3.63, 3.8) is 0 Å². The van der Waals surface area contributed by atoms with E-state index in [1.807, 2.05) is 0 Å². The van der Waals surface area contributed by atoms with Crippen LogP contribution in [0.3, 0.4) is 0 Å². The maximum Gasteiger partial charge on any atom is 0.407 e. The van der Waals surface area contributed by atoms with E-state index in [1.54, 1.807) is 20.8 Å². The number of hydrogen-bond acceptors (Lipinski definition) is 5. The first-order valence-corrected chi connectivity index (χ1v) is 9.97. The van der Waals surface area contributed by atoms with Crippen LogP contribution in [0.15, 0.2) is 30.3 Å². The van der Waals surface area contributed by atoms with Gasteiger partial charge in [-0.1, -0.05) is 11.6 Å². The fraction of sp³-hybridized carbons (Fsp3) is 0.364. The van der Waals surface area contributed by atoms with Crippen LogP contribution in [0.25, 0.3) is 0 Å². The van der Waals surface area contributed by atoms with Gasteiger partial charge >= 0.3 is 12.1 Å². The monoisotopic (exact) mass is 454 g/mol. The first-order chi connectivity index (χ1) is 14.5. The Bertz CT molecular complexity index is 961. The highest BCUT2D eigenvalue weighted by molar-refractivity contribution is 6.31. The molecule has 2 aromatic carbocycles. The second-order valence-corrected chi connectivity index (χ2v) is 8.17. The minimum atomic E-state index is -0.764. The van der Waals surface area contributed by atoms with Gasteiger partial charge in [-0.15, -0.1) is 0 Å². The zero-order chi connectivity index (χ0) is 23.2. The van der Waals surface area contributed by atoms with Gasteiger partial charge in [0.1, 0.15) is 17.2 Å². The van der Waals surface area contributed by atoms with E-state index in [0.717, 1.165) is 6.07 Å². The van der Waals surface area contributed by atoms with Crippen LogP contribution in [0.4, 0.5) is 25.0 Å². The van der Waals surface area contributed by atoms with Gasteiger partial charge in [0, 0.05) is 12.2 Å². The minimum absolute atomic E-state index is 0.0498. The zero-order valence-corrected chi connectivity index (χ0v) is 18.5. The average molecular weight is 455 g/mol. The molecule has 2 N–H and O–H groups in total. The maximum absolute atomic E-state index is 13.8. The fourth-order valence-corrected chi connectivity index (χ4v) is 2.91. The van der Waals surface area contributed by atoms with Crippen molar-refractivity contribution in [3.05, 3.63) is 58.1 Å². The van der Waals surface area contributed by atoms with Gasteiger partial charge in [0.15, 0.2) is 0 Å². The number of aryl methyl sites for hydroxylation is 1. The van der Waals surface area contributed by atoms with Crippen LogP contribution < -0.4 is 10.6 Å². The van der Waals surface area contributed by atoms with E-state index in [0.29, 0.717) is 30.6 Å².